The van der Waals surface area contributed by atoms with Crippen molar-refractivity contribution < 1.29 is 0 Å². The Morgan fingerprint density at radius 2 is 1.86 bits per heavy atom. The van der Waals surface area contributed by atoms with Crippen molar-refractivity contribution in [3.8, 4) is 0 Å². The largest absolute Gasteiger partial charge is 0.356 e. The number of nitrogens with one attached hydrogen (secondary N) is 2. The van der Waals surface area contributed by atoms with Gasteiger partial charge in [-0.25, -0.2) is 4.98 Å². The smallest absolute Gasteiger partial charge is 0.191 e. The van der Waals surface area contributed by atoms with Crippen LogP contribution in [0.2, 0.25) is 0 Å². The Morgan fingerprint density at radius 1 is 1.14 bits per heavy atom. The van der Waals surface area contributed by atoms with Gasteiger partial charge in [0.15, 0.2) is 5.96 Å². The predicted molar refractivity (Wildman–Crippen MR) is 130 cm³/mol. The van der Waals surface area contributed by atoms with Crippen molar-refractivity contribution in [3.05, 3.63) is 51.5 Å². The second kappa shape index (κ2) is 12.4. The first kappa shape index (κ1) is 23.1. The van der Waals surface area contributed by atoms with E-state index in [0.29, 0.717) is 0 Å². The monoisotopic (exact) mass is 513 g/mol. The third-order valence-corrected chi connectivity index (χ3v) is 5.93. The van der Waals surface area contributed by atoms with Crippen LogP contribution in [0.15, 0.2) is 34.6 Å². The molecule has 1 saturated heterocycles. The molecule has 2 heterocycles. The highest BCUT2D eigenvalue weighted by atomic mass is 127. The summed E-state index contributed by atoms with van der Waals surface area (Å²) in [6.07, 6.45) is 4.62. The molecular weight excluding hydrogens is 481 g/mol. The SMILES string of the molecule is CCc1nc(CCNC(=NC)NCc2ccc(CN3CCCC3)cc2)cs1.I. The standard InChI is InChI=1S/C21H31N5S.HI/c1-3-20-25-19(16-27-20)10-11-23-21(22-2)24-14-17-6-8-18(9-7-17)15-26-12-4-5-13-26;/h6-9,16H,3-5,10-15H2,1-2H3,(H2,22,23,24);1H. The molecule has 0 radical (unpaired) electrons. The van der Waals surface area contributed by atoms with Crippen LogP contribution in [-0.4, -0.2) is 42.5 Å². The molecule has 7 heteroatoms. The van der Waals surface area contributed by atoms with Crippen molar-refractivity contribution in [1.29, 1.82) is 0 Å². The summed E-state index contributed by atoms with van der Waals surface area (Å²) in [5.74, 6) is 0.835. The number of thiazole rings is 1. The molecule has 2 aromatic rings. The zero-order valence-corrected chi connectivity index (χ0v) is 20.1. The van der Waals surface area contributed by atoms with E-state index in [1.807, 2.05) is 7.05 Å². The van der Waals surface area contributed by atoms with E-state index in [-0.39, 0.29) is 24.0 Å². The van der Waals surface area contributed by atoms with Crippen LogP contribution in [0.1, 0.15) is 41.6 Å². The fourth-order valence-corrected chi connectivity index (χ4v) is 4.08. The number of nitrogens with zero attached hydrogens (tertiary/aromatic N) is 3. The van der Waals surface area contributed by atoms with E-state index in [1.165, 1.54) is 42.1 Å². The van der Waals surface area contributed by atoms with Crippen LogP contribution in [0, 0.1) is 0 Å². The predicted octanol–water partition coefficient (Wildman–Crippen LogP) is 3.83. The highest BCUT2D eigenvalue weighted by Crippen LogP contribution is 2.13. The topological polar surface area (TPSA) is 52.6 Å². The van der Waals surface area contributed by atoms with Gasteiger partial charge in [-0.05, 0) is 43.5 Å². The van der Waals surface area contributed by atoms with Crippen LogP contribution in [0.4, 0.5) is 0 Å². The Kier molecular flexibility index (Phi) is 10.2. The third kappa shape index (κ3) is 7.33. The Bertz CT molecular complexity index is 723. The van der Waals surface area contributed by atoms with Gasteiger partial charge in [-0.3, -0.25) is 9.89 Å². The van der Waals surface area contributed by atoms with Gasteiger partial charge in [-0.2, -0.15) is 0 Å². The van der Waals surface area contributed by atoms with Gasteiger partial charge in [-0.15, -0.1) is 35.3 Å². The number of aromatic nitrogens is 1. The molecule has 1 fully saturated rings. The Morgan fingerprint density at radius 3 is 2.50 bits per heavy atom. The molecule has 5 nitrogen and oxygen atoms in total. The van der Waals surface area contributed by atoms with Gasteiger partial charge in [0.25, 0.3) is 0 Å². The van der Waals surface area contributed by atoms with E-state index >= 15 is 0 Å². The molecule has 1 aliphatic rings. The maximum absolute atomic E-state index is 4.60. The van der Waals surface area contributed by atoms with Crippen LogP contribution >= 0.6 is 35.3 Å². The van der Waals surface area contributed by atoms with E-state index < -0.39 is 0 Å². The van der Waals surface area contributed by atoms with Gasteiger partial charge in [-0.1, -0.05) is 31.2 Å². The van der Waals surface area contributed by atoms with Crippen molar-refractivity contribution in [1.82, 2.24) is 20.5 Å². The average Bonchev–Trinajstić information content (AvgIpc) is 3.37. The lowest BCUT2D eigenvalue weighted by molar-refractivity contribution is 0.331. The van der Waals surface area contributed by atoms with Crippen molar-refractivity contribution in [3.63, 3.8) is 0 Å². The molecule has 0 saturated carbocycles. The molecule has 0 spiro atoms. The van der Waals surface area contributed by atoms with E-state index in [0.717, 1.165) is 44.1 Å². The quantitative estimate of drug-likeness (QED) is 0.320. The molecule has 0 aliphatic carbocycles. The molecule has 0 unspecified atom stereocenters. The summed E-state index contributed by atoms with van der Waals surface area (Å²) < 4.78 is 0. The second-order valence-corrected chi connectivity index (χ2v) is 7.93. The number of likely N-dealkylation sites (tertiary alicyclic amines) is 1. The number of hydrogen-bond acceptors (Lipinski definition) is 4. The summed E-state index contributed by atoms with van der Waals surface area (Å²) in [5.41, 5.74) is 3.83. The molecule has 3 rings (SSSR count). The highest BCUT2D eigenvalue weighted by molar-refractivity contribution is 14.0. The van der Waals surface area contributed by atoms with E-state index in [2.05, 4.69) is 62.1 Å². The number of guanidine groups is 1. The molecule has 0 atom stereocenters. The molecule has 1 aromatic heterocycles. The van der Waals surface area contributed by atoms with E-state index in [1.54, 1.807) is 11.3 Å². The van der Waals surface area contributed by atoms with Gasteiger partial charge < -0.3 is 10.6 Å². The van der Waals surface area contributed by atoms with Crippen LogP contribution in [-0.2, 0) is 25.9 Å². The maximum Gasteiger partial charge on any atom is 0.191 e. The summed E-state index contributed by atoms with van der Waals surface area (Å²) in [7, 11) is 1.81. The van der Waals surface area contributed by atoms with E-state index in [4.69, 9.17) is 0 Å². The van der Waals surface area contributed by atoms with Gasteiger partial charge >= 0.3 is 0 Å². The lowest BCUT2D eigenvalue weighted by Gasteiger charge is -2.15. The minimum Gasteiger partial charge on any atom is -0.356 e. The lowest BCUT2D eigenvalue weighted by Crippen LogP contribution is -2.37. The molecule has 0 amide bonds. The molecule has 0 bridgehead atoms. The van der Waals surface area contributed by atoms with Crippen LogP contribution in [0.5, 0.6) is 0 Å². The van der Waals surface area contributed by atoms with Gasteiger partial charge in [0.2, 0.25) is 0 Å². The Hall–Kier alpha value is -1.19. The number of aliphatic imine (C=N–C) groups is 1. The molecular formula is C21H32IN5S. The number of halogens is 1. The first-order valence-electron chi connectivity index (χ1n) is 9.95. The summed E-state index contributed by atoms with van der Waals surface area (Å²) >= 11 is 1.74. The van der Waals surface area contributed by atoms with Crippen LogP contribution < -0.4 is 10.6 Å². The summed E-state index contributed by atoms with van der Waals surface area (Å²) in [4.78, 5) is 11.4. The minimum absolute atomic E-state index is 0. The molecule has 2 N–H and O–H groups in total. The summed E-state index contributed by atoms with van der Waals surface area (Å²) in [5, 5.41) is 10.1. The van der Waals surface area contributed by atoms with Crippen molar-refractivity contribution in [2.45, 2.75) is 45.7 Å². The minimum atomic E-state index is 0. The summed E-state index contributed by atoms with van der Waals surface area (Å²) in [6.45, 7) is 7.32. The van der Waals surface area contributed by atoms with Gasteiger partial charge in [0, 0.05) is 38.5 Å². The zero-order valence-electron chi connectivity index (χ0n) is 16.9. The molecule has 154 valence electrons. The molecule has 28 heavy (non-hydrogen) atoms. The normalized spacial score (nSPS) is 14.7. The number of rotatable bonds is 8. The Labute approximate surface area is 190 Å². The Balaban J connectivity index is 0.00000280. The highest BCUT2D eigenvalue weighted by Gasteiger charge is 2.11. The second-order valence-electron chi connectivity index (χ2n) is 6.99. The number of benzene rings is 1. The first-order valence-corrected chi connectivity index (χ1v) is 10.8. The fourth-order valence-electron chi connectivity index (χ4n) is 3.30. The van der Waals surface area contributed by atoms with Gasteiger partial charge in [0.05, 0.1) is 10.7 Å². The zero-order chi connectivity index (χ0) is 18.9. The average molecular weight is 513 g/mol. The third-order valence-electron chi connectivity index (χ3n) is 4.89. The van der Waals surface area contributed by atoms with Crippen molar-refractivity contribution in [2.75, 3.05) is 26.7 Å². The maximum atomic E-state index is 4.60. The lowest BCUT2D eigenvalue weighted by atomic mass is 10.1. The van der Waals surface area contributed by atoms with Crippen molar-refractivity contribution >= 4 is 41.3 Å². The first-order chi connectivity index (χ1) is 13.3. The van der Waals surface area contributed by atoms with Crippen LogP contribution in [0.25, 0.3) is 0 Å². The summed E-state index contributed by atoms with van der Waals surface area (Å²) in [6, 6.07) is 8.93. The number of hydrogen-bond donors (Lipinski definition) is 2. The van der Waals surface area contributed by atoms with Crippen molar-refractivity contribution in [2.24, 2.45) is 4.99 Å². The van der Waals surface area contributed by atoms with Crippen LogP contribution in [0.3, 0.4) is 0 Å². The number of aryl methyl sites for hydroxylation is 1. The fraction of sp³-hybridized carbons (Fsp3) is 0.524. The molecule has 1 aromatic carbocycles. The van der Waals surface area contributed by atoms with E-state index in [9.17, 15) is 0 Å². The van der Waals surface area contributed by atoms with Gasteiger partial charge in [0.1, 0.15) is 0 Å². The molecule has 1 aliphatic heterocycles.